The van der Waals surface area contributed by atoms with E-state index in [-0.39, 0.29) is 11.2 Å². The Morgan fingerprint density at radius 2 is 1.33 bits per heavy atom. The van der Waals surface area contributed by atoms with Gasteiger partial charge in [0.25, 0.3) is 0 Å². The van der Waals surface area contributed by atoms with Crippen molar-refractivity contribution in [2.45, 2.75) is 45.7 Å². The molecular weight excluding hydrogens is 155 g/mol. The van der Waals surface area contributed by atoms with Crippen LogP contribution in [0.2, 0.25) is 6.82 Å². The molecule has 0 amide bonds. The lowest BCUT2D eigenvalue weighted by molar-refractivity contribution is 0.00578. The Kier molecular flexibility index (Phi) is 2.06. The Balaban J connectivity index is 2.88. The van der Waals surface area contributed by atoms with Crippen LogP contribution in [0.15, 0.2) is 0 Å². The van der Waals surface area contributed by atoms with Gasteiger partial charge in [-0.05, 0) is 34.8 Å². The Bertz CT molecular complexity index is 173. The molecule has 72 valence electrons. The lowest BCUT2D eigenvalue weighted by Crippen LogP contribution is -2.41. The van der Waals surface area contributed by atoms with E-state index in [9.17, 15) is 0 Å². The molecule has 0 saturated carbocycles. The van der Waals surface area contributed by atoms with Gasteiger partial charge in [0, 0.05) is 11.2 Å². The molecule has 0 atom stereocenters. The molecule has 12 heavy (non-hydrogen) atoms. The first kappa shape index (κ1) is 10.0. The van der Waals surface area contributed by atoms with Crippen molar-refractivity contribution < 1.29 is 14.0 Å². The van der Waals surface area contributed by atoms with E-state index >= 15 is 0 Å². The van der Waals surface area contributed by atoms with E-state index in [1.54, 1.807) is 7.11 Å². The van der Waals surface area contributed by atoms with Gasteiger partial charge in [0.15, 0.2) is 0 Å². The van der Waals surface area contributed by atoms with Gasteiger partial charge in [-0.15, -0.1) is 6.82 Å². The van der Waals surface area contributed by atoms with Crippen molar-refractivity contribution in [3.63, 3.8) is 0 Å². The van der Waals surface area contributed by atoms with Crippen molar-refractivity contribution in [3.05, 3.63) is 0 Å². The molecule has 0 aromatic carbocycles. The Hall–Kier alpha value is -0.0551. The van der Waals surface area contributed by atoms with Crippen LogP contribution in [0.3, 0.4) is 0 Å². The highest BCUT2D eigenvalue weighted by molar-refractivity contribution is 6.60. The number of hydrogen-bond acceptors (Lipinski definition) is 3. The van der Waals surface area contributed by atoms with Gasteiger partial charge in [-0.3, -0.25) is 0 Å². The van der Waals surface area contributed by atoms with Crippen LogP contribution in [-0.2, 0) is 14.0 Å². The maximum Gasteiger partial charge on any atom is 0.376 e. The maximum absolute atomic E-state index is 5.72. The van der Waals surface area contributed by atoms with Gasteiger partial charge in [-0.25, -0.2) is 0 Å². The highest BCUT2D eigenvalue weighted by Crippen LogP contribution is 2.41. The molecule has 1 fully saturated rings. The first-order valence-corrected chi connectivity index (χ1v) is 4.35. The summed E-state index contributed by atoms with van der Waals surface area (Å²) < 4.78 is 16.6. The average Bonchev–Trinajstić information content (AvgIpc) is 1.99. The monoisotopic (exact) mass is 173 g/mol. The molecular formula is C8H18BO3-. The second kappa shape index (κ2) is 2.47. The third kappa shape index (κ3) is 1.39. The molecule has 0 spiro atoms. The van der Waals surface area contributed by atoms with E-state index in [0.29, 0.717) is 0 Å². The quantitative estimate of drug-likeness (QED) is 0.566. The summed E-state index contributed by atoms with van der Waals surface area (Å²) in [5.74, 6) is 0. The summed E-state index contributed by atoms with van der Waals surface area (Å²) in [6, 6.07) is 0. The lowest BCUT2D eigenvalue weighted by Gasteiger charge is -2.36. The molecule has 0 aromatic heterocycles. The summed E-state index contributed by atoms with van der Waals surface area (Å²) in [7, 11) is 1.61. The summed E-state index contributed by atoms with van der Waals surface area (Å²) in [4.78, 5) is 0. The van der Waals surface area contributed by atoms with Crippen molar-refractivity contribution in [2.75, 3.05) is 7.11 Å². The minimum atomic E-state index is -1.54. The van der Waals surface area contributed by atoms with Gasteiger partial charge in [0.1, 0.15) is 0 Å². The summed E-state index contributed by atoms with van der Waals surface area (Å²) >= 11 is 0. The van der Waals surface area contributed by atoms with E-state index < -0.39 is 6.75 Å². The van der Waals surface area contributed by atoms with Gasteiger partial charge in [-0.2, -0.15) is 0 Å². The fourth-order valence-electron chi connectivity index (χ4n) is 1.47. The largest absolute Gasteiger partial charge is 0.547 e. The van der Waals surface area contributed by atoms with Crippen LogP contribution in [0.4, 0.5) is 0 Å². The Labute approximate surface area is 74.4 Å². The second-order valence-electron chi connectivity index (χ2n) is 4.49. The smallest absolute Gasteiger partial charge is 0.376 e. The standard InChI is InChI=1S/C8H18BO3/c1-7(2)8(3,4)12-9(5,10-6)11-7/h1-6H3/q-1. The van der Waals surface area contributed by atoms with Crippen LogP contribution < -0.4 is 0 Å². The summed E-state index contributed by atoms with van der Waals surface area (Å²) in [5.41, 5.74) is -0.588. The van der Waals surface area contributed by atoms with E-state index in [0.717, 1.165) is 0 Å². The van der Waals surface area contributed by atoms with Crippen molar-refractivity contribution in [1.82, 2.24) is 0 Å². The highest BCUT2D eigenvalue weighted by atomic mass is 16.8. The van der Waals surface area contributed by atoms with E-state index in [1.165, 1.54) is 0 Å². The maximum atomic E-state index is 5.72. The molecule has 1 aliphatic heterocycles. The van der Waals surface area contributed by atoms with Gasteiger partial charge in [-0.1, -0.05) is 0 Å². The van der Waals surface area contributed by atoms with E-state index in [1.807, 2.05) is 34.5 Å². The van der Waals surface area contributed by atoms with Crippen LogP contribution in [0.5, 0.6) is 0 Å². The molecule has 1 aliphatic rings. The zero-order valence-electron chi connectivity index (χ0n) is 8.80. The summed E-state index contributed by atoms with van der Waals surface area (Å²) in [6.45, 7) is 8.35. The second-order valence-corrected chi connectivity index (χ2v) is 4.49. The van der Waals surface area contributed by atoms with Gasteiger partial charge in [0.05, 0.1) is 0 Å². The normalized spacial score (nSPS) is 30.5. The molecule has 0 aliphatic carbocycles. The topological polar surface area (TPSA) is 27.7 Å². The summed E-state index contributed by atoms with van der Waals surface area (Å²) in [6.07, 6.45) is 0. The van der Waals surface area contributed by atoms with Crippen LogP contribution in [0.1, 0.15) is 27.7 Å². The van der Waals surface area contributed by atoms with Crippen molar-refractivity contribution in [2.24, 2.45) is 0 Å². The third-order valence-corrected chi connectivity index (χ3v) is 2.90. The molecule has 4 heteroatoms. The van der Waals surface area contributed by atoms with Crippen molar-refractivity contribution >= 4 is 6.75 Å². The zero-order valence-corrected chi connectivity index (χ0v) is 8.80. The van der Waals surface area contributed by atoms with Crippen LogP contribution >= 0.6 is 0 Å². The minimum Gasteiger partial charge on any atom is -0.547 e. The predicted molar refractivity (Wildman–Crippen MR) is 49.0 cm³/mol. The Morgan fingerprint density at radius 3 is 1.50 bits per heavy atom. The first-order valence-electron chi connectivity index (χ1n) is 4.35. The lowest BCUT2D eigenvalue weighted by atomic mass is 9.83. The molecule has 0 N–H and O–H groups in total. The van der Waals surface area contributed by atoms with Crippen LogP contribution in [-0.4, -0.2) is 25.1 Å². The SMILES string of the molecule is CO[B-]1(C)OC(C)(C)C(C)(C)O1. The molecule has 0 unspecified atom stereocenters. The number of rotatable bonds is 1. The molecule has 0 radical (unpaired) electrons. The Morgan fingerprint density at radius 1 is 1.00 bits per heavy atom. The fraction of sp³-hybridized carbons (Fsp3) is 1.00. The van der Waals surface area contributed by atoms with Crippen LogP contribution in [0.25, 0.3) is 0 Å². The van der Waals surface area contributed by atoms with Crippen molar-refractivity contribution in [3.8, 4) is 0 Å². The zero-order chi connectivity index (χ0) is 9.62. The average molecular weight is 173 g/mol. The molecule has 0 bridgehead atoms. The first-order chi connectivity index (χ1) is 5.22. The molecule has 1 rings (SSSR count). The van der Waals surface area contributed by atoms with Crippen LogP contribution in [0, 0.1) is 0 Å². The third-order valence-electron chi connectivity index (χ3n) is 2.90. The summed E-state index contributed by atoms with van der Waals surface area (Å²) in [5, 5.41) is 0. The van der Waals surface area contributed by atoms with Crippen molar-refractivity contribution in [1.29, 1.82) is 0 Å². The minimum absolute atomic E-state index is 0.294. The van der Waals surface area contributed by atoms with Gasteiger partial charge in [0.2, 0.25) is 0 Å². The molecule has 1 saturated heterocycles. The van der Waals surface area contributed by atoms with E-state index in [4.69, 9.17) is 14.0 Å². The highest BCUT2D eigenvalue weighted by Gasteiger charge is 2.49. The van der Waals surface area contributed by atoms with E-state index in [2.05, 4.69) is 0 Å². The molecule has 0 aromatic rings. The molecule has 3 nitrogen and oxygen atoms in total. The predicted octanol–water partition coefficient (Wildman–Crippen LogP) is 1.81. The molecule has 1 heterocycles. The fourth-order valence-corrected chi connectivity index (χ4v) is 1.47. The van der Waals surface area contributed by atoms with Gasteiger partial charge < -0.3 is 14.0 Å². The number of hydrogen-bond donors (Lipinski definition) is 0. The van der Waals surface area contributed by atoms with Gasteiger partial charge >= 0.3 is 6.75 Å².